The normalized spacial score (nSPS) is 12.5. The van der Waals surface area contributed by atoms with E-state index in [1.165, 1.54) is 6.07 Å². The summed E-state index contributed by atoms with van der Waals surface area (Å²) in [4.78, 5) is 22.5. The van der Waals surface area contributed by atoms with Crippen molar-refractivity contribution in [2.75, 3.05) is 0 Å². The van der Waals surface area contributed by atoms with Gasteiger partial charge in [0.2, 0.25) is 0 Å². The fraction of sp³-hybridized carbons (Fsp3) is 0.231. The van der Waals surface area contributed by atoms with Gasteiger partial charge in [0, 0.05) is 24.2 Å². The molecule has 88 valence electrons. The molecular formula is C13H13NO3. The number of aliphatic carboxylic acids is 1. The number of carbonyl (C=O) groups is 1. The lowest BCUT2D eigenvalue weighted by atomic mass is 10.1. The number of benzene rings is 1. The molecule has 0 amide bonds. The maximum atomic E-state index is 11.6. The van der Waals surface area contributed by atoms with E-state index in [1.54, 1.807) is 29.8 Å². The predicted octanol–water partition coefficient (Wildman–Crippen LogP) is 1.72. The molecule has 0 spiro atoms. The molecule has 2 aromatic rings. The number of pyridine rings is 1. The number of hydrogen-bond acceptors (Lipinski definition) is 2. The fourth-order valence-electron chi connectivity index (χ4n) is 1.79. The van der Waals surface area contributed by atoms with Crippen LogP contribution < -0.4 is 5.43 Å². The van der Waals surface area contributed by atoms with Gasteiger partial charge in [-0.15, -0.1) is 0 Å². The van der Waals surface area contributed by atoms with Crippen LogP contribution in [0.5, 0.6) is 0 Å². The van der Waals surface area contributed by atoms with Gasteiger partial charge in [-0.2, -0.15) is 0 Å². The molecule has 0 saturated carbocycles. The molecule has 1 unspecified atom stereocenters. The summed E-state index contributed by atoms with van der Waals surface area (Å²) >= 11 is 0. The third kappa shape index (κ3) is 2.20. The van der Waals surface area contributed by atoms with Crippen molar-refractivity contribution in [3.63, 3.8) is 0 Å². The first-order valence-electron chi connectivity index (χ1n) is 5.40. The summed E-state index contributed by atoms with van der Waals surface area (Å²) < 4.78 is 1.80. The molecule has 1 heterocycles. The molecule has 1 atom stereocenters. The lowest BCUT2D eigenvalue weighted by molar-refractivity contribution is -0.141. The van der Waals surface area contributed by atoms with Crippen molar-refractivity contribution >= 4 is 16.9 Å². The quantitative estimate of drug-likeness (QED) is 0.875. The SMILES string of the molecule is CC(Cn1ccc(=O)c2ccccc21)C(=O)O. The molecule has 0 bridgehead atoms. The molecule has 2 rings (SSSR count). The highest BCUT2D eigenvalue weighted by Crippen LogP contribution is 2.11. The maximum Gasteiger partial charge on any atom is 0.308 e. The molecule has 0 aliphatic rings. The Kier molecular flexibility index (Phi) is 2.95. The molecule has 0 aliphatic carbocycles. The highest BCUT2D eigenvalue weighted by molar-refractivity contribution is 5.79. The fourth-order valence-corrected chi connectivity index (χ4v) is 1.79. The van der Waals surface area contributed by atoms with Crippen LogP contribution in [0.2, 0.25) is 0 Å². The van der Waals surface area contributed by atoms with E-state index < -0.39 is 11.9 Å². The van der Waals surface area contributed by atoms with E-state index in [0.29, 0.717) is 11.9 Å². The van der Waals surface area contributed by atoms with Crippen LogP contribution in [0.15, 0.2) is 41.3 Å². The van der Waals surface area contributed by atoms with Crippen LogP contribution in [-0.4, -0.2) is 15.6 Å². The Morgan fingerprint density at radius 1 is 1.35 bits per heavy atom. The van der Waals surface area contributed by atoms with E-state index in [0.717, 1.165) is 5.52 Å². The summed E-state index contributed by atoms with van der Waals surface area (Å²) in [5.74, 6) is -1.33. The molecule has 1 aromatic heterocycles. The second-order valence-corrected chi connectivity index (χ2v) is 4.09. The number of para-hydroxylation sites is 1. The maximum absolute atomic E-state index is 11.6. The Morgan fingerprint density at radius 2 is 2.06 bits per heavy atom. The summed E-state index contributed by atoms with van der Waals surface area (Å²) in [7, 11) is 0. The van der Waals surface area contributed by atoms with Crippen molar-refractivity contribution in [2.24, 2.45) is 5.92 Å². The van der Waals surface area contributed by atoms with E-state index in [2.05, 4.69) is 0 Å². The van der Waals surface area contributed by atoms with Gasteiger partial charge in [-0.3, -0.25) is 9.59 Å². The van der Waals surface area contributed by atoms with E-state index in [1.807, 2.05) is 12.1 Å². The standard InChI is InChI=1S/C13H13NO3/c1-9(13(16)17)8-14-7-6-12(15)10-4-2-3-5-11(10)14/h2-7,9H,8H2,1H3,(H,16,17). The third-order valence-electron chi connectivity index (χ3n) is 2.78. The number of nitrogens with zero attached hydrogens (tertiary/aromatic N) is 1. The summed E-state index contributed by atoms with van der Waals surface area (Å²) in [6, 6.07) is 8.68. The molecule has 4 nitrogen and oxygen atoms in total. The number of aromatic nitrogens is 1. The first-order chi connectivity index (χ1) is 8.09. The summed E-state index contributed by atoms with van der Waals surface area (Å²) in [5.41, 5.74) is 0.730. The number of carboxylic acid groups (broad SMARTS) is 1. The van der Waals surface area contributed by atoms with Gasteiger partial charge in [0.15, 0.2) is 5.43 Å². The van der Waals surface area contributed by atoms with Crippen LogP contribution in [0.25, 0.3) is 10.9 Å². The molecular weight excluding hydrogens is 218 g/mol. The third-order valence-corrected chi connectivity index (χ3v) is 2.78. The molecule has 0 fully saturated rings. The summed E-state index contributed by atoms with van der Waals surface area (Å²) in [6.07, 6.45) is 1.64. The van der Waals surface area contributed by atoms with Gasteiger partial charge in [-0.25, -0.2) is 0 Å². The average Bonchev–Trinajstić information content (AvgIpc) is 2.33. The average molecular weight is 231 g/mol. The van der Waals surface area contributed by atoms with Crippen molar-refractivity contribution in [1.29, 1.82) is 0 Å². The molecule has 0 aliphatic heterocycles. The van der Waals surface area contributed by atoms with Gasteiger partial charge < -0.3 is 9.67 Å². The molecule has 0 saturated heterocycles. The zero-order valence-corrected chi connectivity index (χ0v) is 9.46. The first-order valence-corrected chi connectivity index (χ1v) is 5.40. The first kappa shape index (κ1) is 11.4. The smallest absolute Gasteiger partial charge is 0.308 e. The number of carboxylic acids is 1. The second kappa shape index (κ2) is 4.41. The number of hydrogen-bond donors (Lipinski definition) is 1. The van der Waals surface area contributed by atoms with Gasteiger partial charge in [0.1, 0.15) is 0 Å². The van der Waals surface area contributed by atoms with Crippen molar-refractivity contribution in [1.82, 2.24) is 4.57 Å². The lowest BCUT2D eigenvalue weighted by Crippen LogP contribution is -2.18. The van der Waals surface area contributed by atoms with Crippen LogP contribution in [0, 0.1) is 5.92 Å². The van der Waals surface area contributed by atoms with Crippen LogP contribution in [0.3, 0.4) is 0 Å². The Morgan fingerprint density at radius 3 is 2.76 bits per heavy atom. The van der Waals surface area contributed by atoms with E-state index in [9.17, 15) is 9.59 Å². The van der Waals surface area contributed by atoms with E-state index in [4.69, 9.17) is 5.11 Å². The van der Waals surface area contributed by atoms with Gasteiger partial charge in [0.25, 0.3) is 0 Å². The van der Waals surface area contributed by atoms with Gasteiger partial charge in [0.05, 0.1) is 11.4 Å². The molecule has 17 heavy (non-hydrogen) atoms. The highest BCUT2D eigenvalue weighted by Gasteiger charge is 2.12. The van der Waals surface area contributed by atoms with E-state index in [-0.39, 0.29) is 5.43 Å². The summed E-state index contributed by atoms with van der Waals surface area (Å²) in [6.45, 7) is 2.01. The zero-order chi connectivity index (χ0) is 12.4. The summed E-state index contributed by atoms with van der Waals surface area (Å²) in [5, 5.41) is 9.51. The van der Waals surface area contributed by atoms with E-state index >= 15 is 0 Å². The molecule has 0 radical (unpaired) electrons. The minimum Gasteiger partial charge on any atom is -0.481 e. The van der Waals surface area contributed by atoms with Gasteiger partial charge >= 0.3 is 5.97 Å². The number of fused-ring (bicyclic) bond motifs is 1. The minimum absolute atomic E-state index is 0.0418. The van der Waals surface area contributed by atoms with Crippen molar-refractivity contribution in [3.8, 4) is 0 Å². The molecule has 1 N–H and O–H groups in total. The number of rotatable bonds is 3. The Hall–Kier alpha value is -2.10. The predicted molar refractivity (Wildman–Crippen MR) is 65.0 cm³/mol. The lowest BCUT2D eigenvalue weighted by Gasteiger charge is -2.12. The zero-order valence-electron chi connectivity index (χ0n) is 9.46. The largest absolute Gasteiger partial charge is 0.481 e. The van der Waals surface area contributed by atoms with Crippen LogP contribution >= 0.6 is 0 Å². The van der Waals surface area contributed by atoms with Crippen molar-refractivity contribution in [3.05, 3.63) is 46.8 Å². The van der Waals surface area contributed by atoms with Crippen LogP contribution in [-0.2, 0) is 11.3 Å². The van der Waals surface area contributed by atoms with Crippen LogP contribution in [0.1, 0.15) is 6.92 Å². The van der Waals surface area contributed by atoms with Gasteiger partial charge in [-0.1, -0.05) is 19.1 Å². The Bertz CT molecular complexity index is 615. The van der Waals surface area contributed by atoms with Gasteiger partial charge in [-0.05, 0) is 12.1 Å². The van der Waals surface area contributed by atoms with Crippen molar-refractivity contribution in [2.45, 2.75) is 13.5 Å². The molecule has 1 aromatic carbocycles. The van der Waals surface area contributed by atoms with Crippen molar-refractivity contribution < 1.29 is 9.90 Å². The highest BCUT2D eigenvalue weighted by atomic mass is 16.4. The second-order valence-electron chi connectivity index (χ2n) is 4.09. The van der Waals surface area contributed by atoms with Crippen LogP contribution in [0.4, 0.5) is 0 Å². The minimum atomic E-state index is -0.840. The Balaban J connectivity index is 2.52. The Labute approximate surface area is 98.1 Å². The topological polar surface area (TPSA) is 59.3 Å². The monoisotopic (exact) mass is 231 g/mol. The molecule has 4 heteroatoms.